The van der Waals surface area contributed by atoms with Gasteiger partial charge in [-0.05, 0) is 50.5 Å². The van der Waals surface area contributed by atoms with Crippen molar-refractivity contribution in [2.45, 2.75) is 64.1 Å². The predicted molar refractivity (Wildman–Crippen MR) is 150 cm³/mol. The van der Waals surface area contributed by atoms with Crippen molar-refractivity contribution in [1.29, 1.82) is 0 Å². The molecule has 0 unspecified atom stereocenters. The number of amides is 2. The molecule has 1 aliphatic rings. The summed E-state index contributed by atoms with van der Waals surface area (Å²) >= 11 is 12.4. The summed E-state index contributed by atoms with van der Waals surface area (Å²) in [6.45, 7) is 9.36. The first-order chi connectivity index (χ1) is 17.4. The molecule has 1 atom stereocenters. The number of hydrogen-bond acceptors (Lipinski definition) is 5. The van der Waals surface area contributed by atoms with Crippen LogP contribution in [0.1, 0.15) is 51.7 Å². The third kappa shape index (κ3) is 6.96. The van der Waals surface area contributed by atoms with Gasteiger partial charge in [-0.15, -0.1) is 0 Å². The molecule has 202 valence electrons. The van der Waals surface area contributed by atoms with Crippen molar-refractivity contribution in [1.82, 2.24) is 10.2 Å². The third-order valence-corrected chi connectivity index (χ3v) is 7.72. The Hall–Kier alpha value is -2.32. The molecule has 7 nitrogen and oxygen atoms in total. The minimum absolute atomic E-state index is 0.185. The number of carbonyl (C=O) groups is 2. The van der Waals surface area contributed by atoms with Crippen LogP contribution >= 0.6 is 23.2 Å². The molecule has 0 aliphatic carbocycles. The molecule has 0 aromatic heterocycles. The number of nitrogens with two attached hydrogens (primary N) is 1. The molecule has 9 heteroatoms. The molecule has 3 rings (SSSR count). The second-order valence-electron chi connectivity index (χ2n) is 10.3. The number of benzene rings is 2. The summed E-state index contributed by atoms with van der Waals surface area (Å²) in [5, 5.41) is 15.0. The summed E-state index contributed by atoms with van der Waals surface area (Å²) < 4.78 is 0. The minimum Gasteiger partial charge on any atom is -0.385 e. The fourth-order valence-electron chi connectivity index (χ4n) is 4.61. The number of nitrogens with zero attached hydrogens (tertiary/aromatic N) is 2. The number of piperazine rings is 1. The zero-order chi connectivity index (χ0) is 27.4. The smallest absolute Gasteiger partial charge is 0.245 e. The predicted octanol–water partition coefficient (Wildman–Crippen LogP) is 4.11. The summed E-state index contributed by atoms with van der Waals surface area (Å²) in [7, 11) is 0. The maximum atomic E-state index is 13.6. The Kier molecular flexibility index (Phi) is 9.51. The first-order valence-corrected chi connectivity index (χ1v) is 13.5. The van der Waals surface area contributed by atoms with Gasteiger partial charge in [0.05, 0.1) is 11.1 Å². The average molecular weight is 550 g/mol. The first kappa shape index (κ1) is 29.2. The molecule has 0 radical (unpaired) electrons. The van der Waals surface area contributed by atoms with Crippen LogP contribution in [0.15, 0.2) is 42.5 Å². The molecule has 1 saturated heterocycles. The molecular weight excluding hydrogens is 511 g/mol. The quantitative estimate of drug-likeness (QED) is 0.437. The number of halogens is 2. The fraction of sp³-hybridized carbons (Fsp3) is 0.500. The second-order valence-corrected chi connectivity index (χ2v) is 11.1. The van der Waals surface area contributed by atoms with Gasteiger partial charge in [-0.1, -0.05) is 61.3 Å². The second kappa shape index (κ2) is 12.0. The first-order valence-electron chi connectivity index (χ1n) is 12.8. The third-order valence-electron chi connectivity index (χ3n) is 7.14. The summed E-state index contributed by atoms with van der Waals surface area (Å²) in [5.74, 6) is -0.600. The van der Waals surface area contributed by atoms with Crippen molar-refractivity contribution in [3.05, 3.63) is 63.6 Å². The van der Waals surface area contributed by atoms with Crippen LogP contribution in [-0.4, -0.2) is 59.6 Å². The lowest BCUT2D eigenvalue weighted by atomic mass is 9.87. The molecule has 4 N–H and O–H groups in total. The molecule has 0 bridgehead atoms. The van der Waals surface area contributed by atoms with E-state index in [0.29, 0.717) is 54.6 Å². The van der Waals surface area contributed by atoms with Crippen LogP contribution in [0, 0.1) is 0 Å². The summed E-state index contributed by atoms with van der Waals surface area (Å²) in [6.07, 6.45) is 1.45. The van der Waals surface area contributed by atoms with Crippen LogP contribution in [0.3, 0.4) is 0 Å². The lowest BCUT2D eigenvalue weighted by Crippen LogP contribution is -2.59. The lowest BCUT2D eigenvalue weighted by Gasteiger charge is -2.40. The number of rotatable bonds is 9. The zero-order valence-corrected chi connectivity index (χ0v) is 23.6. The molecule has 37 heavy (non-hydrogen) atoms. The summed E-state index contributed by atoms with van der Waals surface area (Å²) in [6, 6.07) is 12.2. The van der Waals surface area contributed by atoms with Gasteiger partial charge in [0.15, 0.2) is 0 Å². The van der Waals surface area contributed by atoms with E-state index in [2.05, 4.69) is 10.2 Å². The lowest BCUT2D eigenvalue weighted by molar-refractivity contribution is -0.137. The topological polar surface area (TPSA) is 98.9 Å². The molecule has 2 amide bonds. The van der Waals surface area contributed by atoms with Crippen molar-refractivity contribution >= 4 is 40.7 Å². The van der Waals surface area contributed by atoms with Crippen molar-refractivity contribution in [2.75, 3.05) is 31.1 Å². The van der Waals surface area contributed by atoms with E-state index < -0.39 is 23.1 Å². The van der Waals surface area contributed by atoms with Gasteiger partial charge in [-0.25, -0.2) is 0 Å². The number of hydrogen-bond donors (Lipinski definition) is 3. The molecule has 1 heterocycles. The number of nitrogens with one attached hydrogen (secondary N) is 1. The largest absolute Gasteiger partial charge is 0.385 e. The Labute approximate surface area is 229 Å². The van der Waals surface area contributed by atoms with E-state index in [0.717, 1.165) is 11.3 Å². The molecule has 2 aromatic carbocycles. The fourth-order valence-corrected chi connectivity index (χ4v) is 5.10. The normalized spacial score (nSPS) is 15.5. The molecular formula is C28H38Cl2N4O3. The number of carbonyl (C=O) groups excluding carboxylic acids is 2. The van der Waals surface area contributed by atoms with E-state index in [1.165, 1.54) is 0 Å². The van der Waals surface area contributed by atoms with Gasteiger partial charge in [-0.3, -0.25) is 9.59 Å². The Bertz CT molecular complexity index is 1110. The van der Waals surface area contributed by atoms with Gasteiger partial charge in [0.1, 0.15) is 6.04 Å². The van der Waals surface area contributed by atoms with E-state index in [9.17, 15) is 14.7 Å². The SMILES string of the molecule is CCC(O)(CC)c1ccccc1N1CCN(C(=O)[C@@H](Cc2ccc(Cl)cc2Cl)NC(=O)C(C)(C)N)CC1. The molecule has 0 spiro atoms. The van der Waals surface area contributed by atoms with Gasteiger partial charge in [0.2, 0.25) is 11.8 Å². The molecule has 0 saturated carbocycles. The maximum absolute atomic E-state index is 13.6. The highest BCUT2D eigenvalue weighted by Crippen LogP contribution is 2.36. The maximum Gasteiger partial charge on any atom is 0.245 e. The van der Waals surface area contributed by atoms with Gasteiger partial charge in [-0.2, -0.15) is 0 Å². The van der Waals surface area contributed by atoms with Crippen LogP contribution in [0.2, 0.25) is 10.0 Å². The van der Waals surface area contributed by atoms with Crippen LogP contribution in [-0.2, 0) is 21.6 Å². The van der Waals surface area contributed by atoms with Crippen molar-refractivity contribution < 1.29 is 14.7 Å². The van der Waals surface area contributed by atoms with E-state index in [-0.39, 0.29) is 12.3 Å². The Morgan fingerprint density at radius 2 is 1.68 bits per heavy atom. The van der Waals surface area contributed by atoms with Crippen LogP contribution in [0.5, 0.6) is 0 Å². The van der Waals surface area contributed by atoms with Gasteiger partial charge in [0, 0.05) is 53.9 Å². The van der Waals surface area contributed by atoms with Crippen LogP contribution in [0.25, 0.3) is 0 Å². The summed E-state index contributed by atoms with van der Waals surface area (Å²) in [4.78, 5) is 30.3. The number of para-hydroxylation sites is 1. The average Bonchev–Trinajstić information content (AvgIpc) is 2.88. The molecule has 2 aromatic rings. The Balaban J connectivity index is 1.78. The minimum atomic E-state index is -1.14. The standard InChI is InChI=1S/C28H38Cl2N4O3/c1-5-28(37,6-2)21-9-7-8-10-24(21)33-13-15-34(16-14-33)25(35)23(32-26(36)27(3,4)31)17-19-11-12-20(29)18-22(19)30/h7-12,18,23,37H,5-6,13-17,31H2,1-4H3,(H,32,36)/t23-/m1/s1. The highest BCUT2D eigenvalue weighted by atomic mass is 35.5. The number of anilines is 1. The number of aliphatic hydroxyl groups is 1. The van der Waals surface area contributed by atoms with Gasteiger partial charge < -0.3 is 26.0 Å². The zero-order valence-electron chi connectivity index (χ0n) is 22.1. The van der Waals surface area contributed by atoms with Crippen molar-refractivity contribution in [3.63, 3.8) is 0 Å². The van der Waals surface area contributed by atoms with Crippen molar-refractivity contribution in [2.24, 2.45) is 5.73 Å². The molecule has 1 aliphatic heterocycles. The monoisotopic (exact) mass is 548 g/mol. The summed E-state index contributed by atoms with van der Waals surface area (Å²) in [5.41, 5.74) is 6.57. The van der Waals surface area contributed by atoms with Crippen LogP contribution < -0.4 is 16.0 Å². The van der Waals surface area contributed by atoms with E-state index in [1.807, 2.05) is 38.1 Å². The van der Waals surface area contributed by atoms with E-state index in [4.69, 9.17) is 28.9 Å². The highest BCUT2D eigenvalue weighted by molar-refractivity contribution is 6.35. The highest BCUT2D eigenvalue weighted by Gasteiger charge is 2.34. The Morgan fingerprint density at radius 3 is 2.24 bits per heavy atom. The van der Waals surface area contributed by atoms with Gasteiger partial charge in [0.25, 0.3) is 0 Å². The van der Waals surface area contributed by atoms with Crippen LogP contribution in [0.4, 0.5) is 5.69 Å². The van der Waals surface area contributed by atoms with E-state index >= 15 is 0 Å². The van der Waals surface area contributed by atoms with Crippen molar-refractivity contribution in [3.8, 4) is 0 Å². The molecule has 1 fully saturated rings. The van der Waals surface area contributed by atoms with Gasteiger partial charge >= 0.3 is 0 Å². The van der Waals surface area contributed by atoms with E-state index in [1.54, 1.807) is 36.9 Å². The Morgan fingerprint density at radius 1 is 1.05 bits per heavy atom.